The Morgan fingerprint density at radius 1 is 1.00 bits per heavy atom. The van der Waals surface area contributed by atoms with Crippen molar-refractivity contribution < 1.29 is 27.1 Å². The molecule has 3 aromatic carbocycles. The van der Waals surface area contributed by atoms with Crippen LogP contribution in [0.15, 0.2) is 77.7 Å². The molecule has 2 amide bonds. The molecule has 0 bridgehead atoms. The number of benzene rings is 3. The number of anilines is 1. The fourth-order valence-corrected chi connectivity index (χ4v) is 5.61. The lowest BCUT2D eigenvalue weighted by Gasteiger charge is -2.33. The first-order valence-corrected chi connectivity index (χ1v) is 14.6. The average molecular weight is 570 g/mol. The van der Waals surface area contributed by atoms with Crippen LogP contribution in [-0.2, 0) is 26.2 Å². The van der Waals surface area contributed by atoms with E-state index in [1.165, 1.54) is 54.5 Å². The van der Waals surface area contributed by atoms with E-state index in [2.05, 4.69) is 5.32 Å². The zero-order valence-corrected chi connectivity index (χ0v) is 24.1. The highest BCUT2D eigenvalue weighted by Crippen LogP contribution is 2.28. The third-order valence-electron chi connectivity index (χ3n) is 6.43. The smallest absolute Gasteiger partial charge is 0.264 e. The summed E-state index contributed by atoms with van der Waals surface area (Å²) in [5, 5.41) is 2.83. The second-order valence-corrected chi connectivity index (χ2v) is 11.3. The van der Waals surface area contributed by atoms with Gasteiger partial charge in [-0.1, -0.05) is 49.7 Å². The number of sulfonamides is 1. The maximum absolute atomic E-state index is 14.0. The molecule has 0 saturated carbocycles. The minimum absolute atomic E-state index is 0.00625. The monoisotopic (exact) mass is 569 g/mol. The van der Waals surface area contributed by atoms with Crippen LogP contribution in [0.25, 0.3) is 0 Å². The van der Waals surface area contributed by atoms with Crippen LogP contribution in [0.1, 0.15) is 37.8 Å². The molecule has 8 nitrogen and oxygen atoms in total. The molecule has 0 aliphatic carbocycles. The number of carbonyl (C=O) groups excluding carboxylic acids is 2. The normalized spacial score (nSPS) is 11.9. The molecular formula is C30H36FN3O5S. The molecule has 0 aliphatic heterocycles. The van der Waals surface area contributed by atoms with Crippen LogP contribution in [0.5, 0.6) is 5.75 Å². The highest BCUT2D eigenvalue weighted by molar-refractivity contribution is 7.92. The number of hydrogen-bond donors (Lipinski definition) is 1. The summed E-state index contributed by atoms with van der Waals surface area (Å²) in [5.41, 5.74) is 1.72. The van der Waals surface area contributed by atoms with Crippen molar-refractivity contribution in [3.8, 4) is 5.75 Å². The van der Waals surface area contributed by atoms with Gasteiger partial charge in [-0.3, -0.25) is 13.9 Å². The topological polar surface area (TPSA) is 96.0 Å². The van der Waals surface area contributed by atoms with Crippen molar-refractivity contribution in [2.75, 3.05) is 24.5 Å². The molecule has 214 valence electrons. The van der Waals surface area contributed by atoms with Gasteiger partial charge in [-0.2, -0.15) is 0 Å². The van der Waals surface area contributed by atoms with Crippen LogP contribution in [-0.4, -0.2) is 51.4 Å². The summed E-state index contributed by atoms with van der Waals surface area (Å²) in [6.07, 6.45) is 1.01. The second kappa shape index (κ2) is 13.9. The van der Waals surface area contributed by atoms with Gasteiger partial charge in [-0.05, 0) is 61.7 Å². The first-order chi connectivity index (χ1) is 19.1. The lowest BCUT2D eigenvalue weighted by atomic mass is 10.1. The van der Waals surface area contributed by atoms with E-state index in [0.717, 1.165) is 9.87 Å². The second-order valence-electron chi connectivity index (χ2n) is 9.39. The molecule has 10 heteroatoms. The van der Waals surface area contributed by atoms with Crippen LogP contribution in [0.3, 0.4) is 0 Å². The number of nitrogens with zero attached hydrogens (tertiary/aromatic N) is 2. The standard InChI is InChI=1S/C30H36FN3O5S/c1-5-18-32-30(36)28(6-2)33(20-23-12-14-24(31)15-13-23)29(35)21-34(25-8-7-9-26(19-25)39-4)40(37,38)27-16-10-22(3)11-17-27/h7-17,19,28H,5-6,18,20-21H2,1-4H3,(H,32,36)/t28-/m1/s1. The van der Waals surface area contributed by atoms with Gasteiger partial charge >= 0.3 is 0 Å². The number of methoxy groups -OCH3 is 1. The Morgan fingerprint density at radius 2 is 1.68 bits per heavy atom. The average Bonchev–Trinajstić information content (AvgIpc) is 2.95. The van der Waals surface area contributed by atoms with E-state index in [-0.39, 0.29) is 23.0 Å². The van der Waals surface area contributed by atoms with E-state index in [4.69, 9.17) is 4.74 Å². The zero-order valence-electron chi connectivity index (χ0n) is 23.3. The number of aryl methyl sites for hydroxylation is 1. The number of rotatable bonds is 13. The van der Waals surface area contributed by atoms with Gasteiger partial charge in [0.2, 0.25) is 11.8 Å². The largest absolute Gasteiger partial charge is 0.497 e. The Labute approximate surface area is 235 Å². The predicted molar refractivity (Wildman–Crippen MR) is 153 cm³/mol. The minimum atomic E-state index is -4.19. The highest BCUT2D eigenvalue weighted by atomic mass is 32.2. The van der Waals surface area contributed by atoms with Gasteiger partial charge in [0.25, 0.3) is 10.0 Å². The lowest BCUT2D eigenvalue weighted by molar-refractivity contribution is -0.140. The molecule has 0 fully saturated rings. The highest BCUT2D eigenvalue weighted by Gasteiger charge is 2.33. The summed E-state index contributed by atoms with van der Waals surface area (Å²) in [6, 6.07) is 17.6. The number of carbonyl (C=O) groups is 2. The third-order valence-corrected chi connectivity index (χ3v) is 8.22. The molecule has 0 saturated heterocycles. The molecule has 3 aromatic rings. The number of amides is 2. The van der Waals surface area contributed by atoms with E-state index < -0.39 is 34.3 Å². The summed E-state index contributed by atoms with van der Waals surface area (Å²) in [4.78, 5) is 28.5. The molecule has 0 radical (unpaired) electrons. The van der Waals surface area contributed by atoms with Crippen LogP contribution >= 0.6 is 0 Å². The first kappa shape index (κ1) is 30.6. The molecule has 40 heavy (non-hydrogen) atoms. The van der Waals surface area contributed by atoms with Crippen molar-refractivity contribution in [1.29, 1.82) is 0 Å². The molecule has 0 spiro atoms. The van der Waals surface area contributed by atoms with E-state index >= 15 is 0 Å². The molecule has 0 unspecified atom stereocenters. The zero-order chi connectivity index (χ0) is 29.3. The number of halogens is 1. The van der Waals surface area contributed by atoms with E-state index in [9.17, 15) is 22.4 Å². The number of ether oxygens (including phenoxy) is 1. The molecule has 1 atom stereocenters. The Bertz CT molecular complexity index is 1400. The third kappa shape index (κ3) is 7.59. The van der Waals surface area contributed by atoms with Crippen molar-refractivity contribution in [2.24, 2.45) is 0 Å². The fourth-order valence-electron chi connectivity index (χ4n) is 4.20. The first-order valence-electron chi connectivity index (χ1n) is 13.2. The van der Waals surface area contributed by atoms with Crippen LogP contribution in [0.4, 0.5) is 10.1 Å². The molecule has 1 N–H and O–H groups in total. The molecule has 0 heterocycles. The summed E-state index contributed by atoms with van der Waals surface area (Å²) < 4.78 is 47.7. The van der Waals surface area contributed by atoms with Crippen molar-refractivity contribution in [1.82, 2.24) is 10.2 Å². The van der Waals surface area contributed by atoms with Gasteiger partial charge in [0.15, 0.2) is 0 Å². The Kier molecular flexibility index (Phi) is 10.7. The van der Waals surface area contributed by atoms with Crippen molar-refractivity contribution in [2.45, 2.75) is 51.1 Å². The Hall–Kier alpha value is -3.92. The van der Waals surface area contributed by atoms with E-state index in [1.807, 2.05) is 13.8 Å². The van der Waals surface area contributed by atoms with Gasteiger partial charge in [0, 0.05) is 19.2 Å². The fraction of sp³-hybridized carbons (Fsp3) is 0.333. The molecular weight excluding hydrogens is 533 g/mol. The molecule has 3 rings (SSSR count). The number of nitrogens with one attached hydrogen (secondary N) is 1. The van der Waals surface area contributed by atoms with E-state index in [0.29, 0.717) is 30.7 Å². The van der Waals surface area contributed by atoms with E-state index in [1.54, 1.807) is 37.3 Å². The Balaban J connectivity index is 2.06. The minimum Gasteiger partial charge on any atom is -0.497 e. The predicted octanol–water partition coefficient (Wildman–Crippen LogP) is 4.67. The lowest BCUT2D eigenvalue weighted by Crippen LogP contribution is -2.52. The SMILES string of the molecule is CCCNC(=O)[C@@H](CC)N(Cc1ccc(F)cc1)C(=O)CN(c1cccc(OC)c1)S(=O)(=O)c1ccc(C)cc1. The quantitative estimate of drug-likeness (QED) is 0.323. The van der Waals surface area contributed by atoms with Crippen LogP contribution in [0, 0.1) is 12.7 Å². The molecule has 0 aromatic heterocycles. The van der Waals surface area contributed by atoms with Crippen molar-refractivity contribution in [3.05, 3.63) is 89.7 Å². The van der Waals surface area contributed by atoms with Gasteiger partial charge in [0.1, 0.15) is 24.2 Å². The number of hydrogen-bond acceptors (Lipinski definition) is 5. The van der Waals surface area contributed by atoms with Gasteiger partial charge in [-0.15, -0.1) is 0 Å². The maximum Gasteiger partial charge on any atom is 0.264 e. The van der Waals surface area contributed by atoms with Gasteiger partial charge in [0.05, 0.1) is 17.7 Å². The van der Waals surface area contributed by atoms with Crippen molar-refractivity contribution in [3.63, 3.8) is 0 Å². The van der Waals surface area contributed by atoms with Crippen molar-refractivity contribution >= 4 is 27.5 Å². The maximum atomic E-state index is 14.0. The molecule has 0 aliphatic rings. The summed E-state index contributed by atoms with van der Waals surface area (Å²) >= 11 is 0. The van der Waals surface area contributed by atoms with Gasteiger partial charge in [-0.25, -0.2) is 12.8 Å². The van der Waals surface area contributed by atoms with Gasteiger partial charge < -0.3 is 15.0 Å². The Morgan fingerprint density at radius 3 is 2.27 bits per heavy atom. The summed E-state index contributed by atoms with van der Waals surface area (Å²) in [7, 11) is -2.72. The summed E-state index contributed by atoms with van der Waals surface area (Å²) in [5.74, 6) is -0.930. The van der Waals surface area contributed by atoms with Crippen LogP contribution in [0.2, 0.25) is 0 Å². The van der Waals surface area contributed by atoms with Crippen LogP contribution < -0.4 is 14.4 Å². The summed E-state index contributed by atoms with van der Waals surface area (Å²) in [6.45, 7) is 5.41.